The van der Waals surface area contributed by atoms with Crippen molar-refractivity contribution in [3.05, 3.63) is 12.2 Å². The highest BCUT2D eigenvalue weighted by atomic mass is 35.5. The third kappa shape index (κ3) is 7.86. The van der Waals surface area contributed by atoms with E-state index in [9.17, 15) is 9.90 Å². The topological polar surface area (TPSA) is 64.6 Å². The van der Waals surface area contributed by atoms with Crippen molar-refractivity contribution in [3.63, 3.8) is 0 Å². The van der Waals surface area contributed by atoms with Crippen molar-refractivity contribution >= 4 is 17.6 Å². The van der Waals surface area contributed by atoms with E-state index in [1.54, 1.807) is 0 Å². The number of nitrogens with one attached hydrogen (secondary N) is 2. The molecule has 0 bridgehead atoms. The molecule has 3 unspecified atom stereocenters. The quantitative estimate of drug-likeness (QED) is 0.336. The number of halogens is 1. The maximum absolute atomic E-state index is 12.7. The zero-order chi connectivity index (χ0) is 24.0. The number of piperidine rings is 1. The molecule has 0 aromatic heterocycles. The first kappa shape index (κ1) is 26.8. The van der Waals surface area contributed by atoms with Crippen LogP contribution in [0.1, 0.15) is 72.6 Å². The molecular formula is C27H48ClN3O2. The Kier molecular flexibility index (Phi) is 9.97. The Balaban J connectivity index is 1.45. The van der Waals surface area contributed by atoms with Gasteiger partial charge in [-0.25, -0.2) is 4.79 Å². The number of rotatable bonds is 8. The zero-order valence-electron chi connectivity index (χ0n) is 21.4. The number of hydrogen-bond acceptors (Lipinski definition) is 3. The van der Waals surface area contributed by atoms with Crippen LogP contribution in [0.3, 0.4) is 0 Å². The van der Waals surface area contributed by atoms with Gasteiger partial charge in [0.25, 0.3) is 0 Å². The van der Waals surface area contributed by atoms with Crippen molar-refractivity contribution in [1.29, 1.82) is 0 Å². The molecule has 2 aliphatic carbocycles. The molecule has 190 valence electrons. The second-order valence-electron chi connectivity index (χ2n) is 12.0. The fraction of sp³-hybridized carbons (Fsp3) is 0.889. The van der Waals surface area contributed by atoms with Gasteiger partial charge in [0.05, 0.1) is 5.38 Å². The Morgan fingerprint density at radius 1 is 1.09 bits per heavy atom. The summed E-state index contributed by atoms with van der Waals surface area (Å²) >= 11 is 6.28. The van der Waals surface area contributed by atoms with Crippen LogP contribution in [0.4, 0.5) is 4.79 Å². The maximum atomic E-state index is 12.7. The number of aliphatic hydroxyl groups is 1. The van der Waals surface area contributed by atoms with E-state index in [2.05, 4.69) is 55.4 Å². The third-order valence-corrected chi connectivity index (χ3v) is 8.97. The third-order valence-electron chi connectivity index (χ3n) is 8.60. The van der Waals surface area contributed by atoms with Crippen molar-refractivity contribution in [2.24, 2.45) is 35.0 Å². The van der Waals surface area contributed by atoms with Gasteiger partial charge < -0.3 is 20.6 Å². The molecule has 2 amide bonds. The van der Waals surface area contributed by atoms with Crippen LogP contribution in [0.5, 0.6) is 0 Å². The number of nitrogens with zero attached hydrogens (tertiary/aromatic N) is 1. The molecule has 33 heavy (non-hydrogen) atoms. The first-order chi connectivity index (χ1) is 15.7. The minimum absolute atomic E-state index is 0.0323. The molecule has 0 spiro atoms. The predicted molar refractivity (Wildman–Crippen MR) is 138 cm³/mol. The molecular weight excluding hydrogens is 434 g/mol. The van der Waals surface area contributed by atoms with Crippen molar-refractivity contribution in [2.45, 2.75) is 84.1 Å². The van der Waals surface area contributed by atoms with Gasteiger partial charge in [0.1, 0.15) is 0 Å². The standard InChI is InChI=1S/C27H48ClN3O2/c1-19(2)25(30-26(33)29-15-20-5-7-21(17-32)8-6-20)16-31-14-13-24(27(3,4)18-31)22-9-11-23(28)12-10-22/h9,11,19-25,32H,5-8,10,12-18H2,1-4H3,(H2,29,30,33)/t20?,21?,22?,23?,24?,25-/m0/s1. The summed E-state index contributed by atoms with van der Waals surface area (Å²) in [6, 6.07) is 0.115. The lowest BCUT2D eigenvalue weighted by Crippen LogP contribution is -2.55. The zero-order valence-corrected chi connectivity index (χ0v) is 22.1. The summed E-state index contributed by atoms with van der Waals surface area (Å²) in [5, 5.41) is 15.9. The van der Waals surface area contributed by atoms with E-state index in [-0.39, 0.29) is 22.9 Å². The van der Waals surface area contributed by atoms with Crippen LogP contribution < -0.4 is 10.6 Å². The normalized spacial score (nSPS) is 33.6. The molecule has 0 aromatic carbocycles. The molecule has 3 aliphatic rings. The first-order valence-electron chi connectivity index (χ1n) is 13.4. The lowest BCUT2D eigenvalue weighted by atomic mass is 9.65. The average Bonchev–Trinajstić information content (AvgIpc) is 2.78. The number of allylic oxidation sites excluding steroid dienone is 2. The van der Waals surface area contributed by atoms with Gasteiger partial charge in [-0.3, -0.25) is 0 Å². The van der Waals surface area contributed by atoms with Crippen LogP contribution in [0.15, 0.2) is 12.2 Å². The SMILES string of the molecule is CC(C)[C@H](CN1CCC(C2C=CC(Cl)CC2)C(C)(C)C1)NC(=O)NCC1CCC(CO)CC1. The second-order valence-corrected chi connectivity index (χ2v) is 12.6. The van der Waals surface area contributed by atoms with Gasteiger partial charge >= 0.3 is 6.03 Å². The molecule has 2 fully saturated rings. The van der Waals surface area contributed by atoms with Crippen molar-refractivity contribution in [2.75, 3.05) is 32.8 Å². The maximum Gasteiger partial charge on any atom is 0.315 e. The van der Waals surface area contributed by atoms with Crippen LogP contribution in [0.25, 0.3) is 0 Å². The van der Waals surface area contributed by atoms with Crippen LogP contribution in [-0.2, 0) is 0 Å². The summed E-state index contributed by atoms with van der Waals surface area (Å²) in [5.74, 6) is 2.73. The number of alkyl halides is 1. The van der Waals surface area contributed by atoms with Crippen molar-refractivity contribution < 1.29 is 9.90 Å². The second kappa shape index (κ2) is 12.3. The Labute approximate surface area is 207 Å². The van der Waals surface area contributed by atoms with Crippen LogP contribution >= 0.6 is 11.6 Å². The lowest BCUT2D eigenvalue weighted by molar-refractivity contribution is 0.0227. The molecule has 3 N–H and O–H groups in total. The number of likely N-dealkylation sites (tertiary alicyclic amines) is 1. The van der Waals surface area contributed by atoms with Crippen molar-refractivity contribution in [1.82, 2.24) is 15.5 Å². The van der Waals surface area contributed by atoms with Crippen LogP contribution in [0.2, 0.25) is 0 Å². The minimum atomic E-state index is -0.0323. The Morgan fingerprint density at radius 3 is 2.36 bits per heavy atom. The van der Waals surface area contributed by atoms with Crippen molar-refractivity contribution in [3.8, 4) is 0 Å². The van der Waals surface area contributed by atoms with E-state index in [1.807, 2.05) is 0 Å². The summed E-state index contributed by atoms with van der Waals surface area (Å²) in [5.41, 5.74) is 0.254. The molecule has 3 rings (SSSR count). The summed E-state index contributed by atoms with van der Waals surface area (Å²) in [6.45, 7) is 13.4. The Morgan fingerprint density at radius 2 is 1.79 bits per heavy atom. The number of amides is 2. The minimum Gasteiger partial charge on any atom is -0.396 e. The van der Waals surface area contributed by atoms with Gasteiger partial charge in [0.15, 0.2) is 0 Å². The van der Waals surface area contributed by atoms with E-state index >= 15 is 0 Å². The predicted octanol–water partition coefficient (Wildman–Crippen LogP) is 5.03. The Hall–Kier alpha value is -0.780. The molecule has 0 radical (unpaired) electrons. The summed E-state index contributed by atoms with van der Waals surface area (Å²) in [7, 11) is 0. The van der Waals surface area contributed by atoms with Gasteiger partial charge in [-0.2, -0.15) is 0 Å². The van der Waals surface area contributed by atoms with Gasteiger partial charge in [-0.1, -0.05) is 39.8 Å². The monoisotopic (exact) mass is 481 g/mol. The van der Waals surface area contributed by atoms with E-state index in [0.29, 0.717) is 36.2 Å². The molecule has 6 heteroatoms. The van der Waals surface area contributed by atoms with Gasteiger partial charge in [0.2, 0.25) is 0 Å². The fourth-order valence-electron chi connectivity index (χ4n) is 6.35. The highest BCUT2D eigenvalue weighted by molar-refractivity contribution is 6.21. The summed E-state index contributed by atoms with van der Waals surface area (Å²) < 4.78 is 0. The first-order valence-corrected chi connectivity index (χ1v) is 13.8. The van der Waals surface area contributed by atoms with Gasteiger partial charge in [-0.15, -0.1) is 11.6 Å². The highest BCUT2D eigenvalue weighted by Crippen LogP contribution is 2.43. The van der Waals surface area contributed by atoms with Gasteiger partial charge in [0, 0.05) is 32.3 Å². The number of carbonyl (C=O) groups excluding carboxylic acids is 1. The summed E-state index contributed by atoms with van der Waals surface area (Å²) in [4.78, 5) is 15.2. The molecule has 1 saturated carbocycles. The molecule has 1 heterocycles. The van der Waals surface area contributed by atoms with Gasteiger partial charge in [-0.05, 0) is 86.5 Å². The number of hydrogen-bond donors (Lipinski definition) is 3. The largest absolute Gasteiger partial charge is 0.396 e. The molecule has 0 aromatic rings. The summed E-state index contributed by atoms with van der Waals surface area (Å²) in [6.07, 6.45) is 12.4. The van der Waals surface area contributed by atoms with E-state index in [0.717, 1.165) is 58.3 Å². The molecule has 1 aliphatic heterocycles. The molecule has 5 nitrogen and oxygen atoms in total. The highest BCUT2D eigenvalue weighted by Gasteiger charge is 2.40. The fourth-order valence-corrected chi connectivity index (χ4v) is 6.56. The van der Waals surface area contributed by atoms with Crippen LogP contribution in [0, 0.1) is 35.0 Å². The average molecular weight is 482 g/mol. The van der Waals surface area contributed by atoms with E-state index in [1.165, 1.54) is 12.8 Å². The number of urea groups is 1. The van der Waals surface area contributed by atoms with E-state index < -0.39 is 0 Å². The molecule has 4 atom stereocenters. The smallest absolute Gasteiger partial charge is 0.315 e. The van der Waals surface area contributed by atoms with Crippen LogP contribution in [-0.4, -0.2) is 60.2 Å². The lowest BCUT2D eigenvalue weighted by Gasteiger charge is -2.48. The Bertz CT molecular complexity index is 645. The molecule has 1 saturated heterocycles. The van der Waals surface area contributed by atoms with E-state index in [4.69, 9.17) is 11.6 Å². The number of aliphatic hydroxyl groups excluding tert-OH is 1. The number of carbonyl (C=O) groups is 1.